The second kappa shape index (κ2) is 10.2. The molecule has 0 saturated carbocycles. The average molecular weight is 268 g/mol. The Labute approximate surface area is 118 Å². The minimum Gasteiger partial charge on any atom is -0.356 e. The number of carbonyl (C=O) groups excluding carboxylic acids is 1. The summed E-state index contributed by atoms with van der Waals surface area (Å²) >= 11 is 0. The predicted octanol–water partition coefficient (Wildman–Crippen LogP) is 3.10. The van der Waals surface area contributed by atoms with Crippen molar-refractivity contribution in [2.45, 2.75) is 65.2 Å². The number of hydrogen-bond acceptors (Lipinski definition) is 2. The van der Waals surface area contributed by atoms with Crippen molar-refractivity contribution >= 4 is 5.91 Å². The largest absolute Gasteiger partial charge is 0.356 e. The normalized spacial score (nSPS) is 16.9. The van der Waals surface area contributed by atoms with Crippen LogP contribution in [0.5, 0.6) is 0 Å². The van der Waals surface area contributed by atoms with E-state index < -0.39 is 0 Å². The molecular weight excluding hydrogens is 236 g/mol. The maximum absolute atomic E-state index is 11.8. The fourth-order valence-electron chi connectivity index (χ4n) is 2.51. The summed E-state index contributed by atoms with van der Waals surface area (Å²) in [5.74, 6) is 0.975. The number of hydrogen-bond donors (Lipinski definition) is 2. The number of nitrogens with one attached hydrogen (secondary N) is 2. The Morgan fingerprint density at radius 2 is 1.68 bits per heavy atom. The van der Waals surface area contributed by atoms with Crippen LogP contribution >= 0.6 is 0 Å². The van der Waals surface area contributed by atoms with Crippen LogP contribution in [0.15, 0.2) is 0 Å². The minimum atomic E-state index is 0.176. The van der Waals surface area contributed by atoms with E-state index in [1.54, 1.807) is 0 Å². The lowest BCUT2D eigenvalue weighted by Crippen LogP contribution is -2.49. The van der Waals surface area contributed by atoms with Crippen molar-refractivity contribution in [3.8, 4) is 0 Å². The van der Waals surface area contributed by atoms with E-state index in [4.69, 9.17) is 0 Å². The molecule has 0 aromatic rings. The molecule has 1 fully saturated rings. The van der Waals surface area contributed by atoms with Crippen molar-refractivity contribution in [1.29, 1.82) is 0 Å². The lowest BCUT2D eigenvalue weighted by Gasteiger charge is -2.31. The molecule has 1 saturated heterocycles. The van der Waals surface area contributed by atoms with Gasteiger partial charge in [0.15, 0.2) is 0 Å². The van der Waals surface area contributed by atoms with Crippen molar-refractivity contribution in [2.24, 2.45) is 11.8 Å². The van der Waals surface area contributed by atoms with Gasteiger partial charge in [0.2, 0.25) is 5.91 Å². The lowest BCUT2D eigenvalue weighted by molar-refractivity contribution is -0.126. The van der Waals surface area contributed by atoms with Gasteiger partial charge < -0.3 is 10.6 Å². The highest BCUT2D eigenvalue weighted by atomic mass is 16.1. The molecule has 3 nitrogen and oxygen atoms in total. The molecule has 0 bridgehead atoms. The van der Waals surface area contributed by atoms with E-state index in [0.717, 1.165) is 26.1 Å². The maximum atomic E-state index is 11.8. The van der Waals surface area contributed by atoms with Crippen molar-refractivity contribution in [3.05, 3.63) is 0 Å². The van der Waals surface area contributed by atoms with Crippen LogP contribution in [0, 0.1) is 11.8 Å². The molecule has 1 amide bonds. The summed E-state index contributed by atoms with van der Waals surface area (Å²) in [6, 6.07) is 0. The van der Waals surface area contributed by atoms with Gasteiger partial charge in [-0.15, -0.1) is 0 Å². The standard InChI is InChI=1S/C16H32N2O/c1-3-4-5-6-7-8-9-10-11-18-16(19)14(2)15-12-17-13-15/h14-15,17H,3-13H2,1-2H3,(H,18,19). The molecule has 0 aromatic heterocycles. The molecule has 2 N–H and O–H groups in total. The van der Waals surface area contributed by atoms with E-state index in [-0.39, 0.29) is 11.8 Å². The first-order valence-electron chi connectivity index (χ1n) is 8.24. The highest BCUT2D eigenvalue weighted by Gasteiger charge is 2.28. The van der Waals surface area contributed by atoms with E-state index in [2.05, 4.69) is 24.5 Å². The molecule has 19 heavy (non-hydrogen) atoms. The van der Waals surface area contributed by atoms with Crippen LogP contribution in [0.4, 0.5) is 0 Å². The van der Waals surface area contributed by atoms with E-state index >= 15 is 0 Å². The van der Waals surface area contributed by atoms with Crippen LogP contribution in [0.1, 0.15) is 65.2 Å². The zero-order valence-corrected chi connectivity index (χ0v) is 12.8. The lowest BCUT2D eigenvalue weighted by atomic mass is 9.88. The summed E-state index contributed by atoms with van der Waals surface area (Å²) in [6.07, 6.45) is 10.5. The predicted molar refractivity (Wildman–Crippen MR) is 81.1 cm³/mol. The molecule has 1 atom stereocenters. The third kappa shape index (κ3) is 6.95. The smallest absolute Gasteiger partial charge is 0.223 e. The van der Waals surface area contributed by atoms with Gasteiger partial charge in [0.25, 0.3) is 0 Å². The highest BCUT2D eigenvalue weighted by Crippen LogP contribution is 2.15. The van der Waals surface area contributed by atoms with Gasteiger partial charge in [0, 0.05) is 12.5 Å². The van der Waals surface area contributed by atoms with E-state index in [1.165, 1.54) is 44.9 Å². The van der Waals surface area contributed by atoms with Gasteiger partial charge in [0.1, 0.15) is 0 Å². The molecule has 112 valence electrons. The monoisotopic (exact) mass is 268 g/mol. The summed E-state index contributed by atoms with van der Waals surface area (Å²) < 4.78 is 0. The molecule has 1 aliphatic rings. The van der Waals surface area contributed by atoms with Crippen LogP contribution in [-0.2, 0) is 4.79 Å². The number of carbonyl (C=O) groups is 1. The molecular formula is C16H32N2O. The first kappa shape index (κ1) is 16.5. The van der Waals surface area contributed by atoms with Gasteiger partial charge in [-0.3, -0.25) is 4.79 Å². The molecule has 1 unspecified atom stereocenters. The summed E-state index contributed by atoms with van der Waals surface area (Å²) in [6.45, 7) is 7.18. The van der Waals surface area contributed by atoms with Crippen LogP contribution < -0.4 is 10.6 Å². The first-order chi connectivity index (χ1) is 9.25. The zero-order valence-electron chi connectivity index (χ0n) is 12.8. The Hall–Kier alpha value is -0.570. The fourth-order valence-corrected chi connectivity index (χ4v) is 2.51. The van der Waals surface area contributed by atoms with Gasteiger partial charge in [-0.1, -0.05) is 58.8 Å². The summed E-state index contributed by atoms with van der Waals surface area (Å²) in [5.41, 5.74) is 0. The highest BCUT2D eigenvalue weighted by molar-refractivity contribution is 5.78. The Morgan fingerprint density at radius 3 is 2.21 bits per heavy atom. The first-order valence-corrected chi connectivity index (χ1v) is 8.24. The molecule has 1 aliphatic heterocycles. The van der Waals surface area contributed by atoms with Crippen molar-refractivity contribution in [3.63, 3.8) is 0 Å². The van der Waals surface area contributed by atoms with Crippen LogP contribution in [0.2, 0.25) is 0 Å². The van der Waals surface area contributed by atoms with Crippen molar-refractivity contribution < 1.29 is 4.79 Å². The fraction of sp³-hybridized carbons (Fsp3) is 0.938. The molecule has 1 rings (SSSR count). The van der Waals surface area contributed by atoms with Crippen LogP contribution in [-0.4, -0.2) is 25.5 Å². The van der Waals surface area contributed by atoms with Gasteiger partial charge in [-0.25, -0.2) is 0 Å². The third-order valence-electron chi connectivity index (χ3n) is 4.26. The number of unbranched alkanes of at least 4 members (excludes halogenated alkanes) is 7. The van der Waals surface area contributed by atoms with Crippen molar-refractivity contribution in [2.75, 3.05) is 19.6 Å². The van der Waals surface area contributed by atoms with E-state index in [9.17, 15) is 4.79 Å². The number of amides is 1. The number of rotatable bonds is 11. The second-order valence-electron chi connectivity index (χ2n) is 5.97. The molecule has 0 aromatic carbocycles. The van der Waals surface area contributed by atoms with Gasteiger partial charge in [-0.2, -0.15) is 0 Å². The van der Waals surface area contributed by atoms with Crippen LogP contribution in [0.3, 0.4) is 0 Å². The Bertz CT molecular complexity index is 239. The topological polar surface area (TPSA) is 41.1 Å². The van der Waals surface area contributed by atoms with Gasteiger partial charge >= 0.3 is 0 Å². The SMILES string of the molecule is CCCCCCCCCCNC(=O)C(C)C1CNC1. The molecule has 0 spiro atoms. The molecule has 1 heterocycles. The second-order valence-corrected chi connectivity index (χ2v) is 5.97. The Morgan fingerprint density at radius 1 is 1.11 bits per heavy atom. The molecule has 0 aliphatic carbocycles. The van der Waals surface area contributed by atoms with E-state index in [1.807, 2.05) is 0 Å². The summed E-state index contributed by atoms with van der Waals surface area (Å²) in [7, 11) is 0. The average Bonchev–Trinajstić information content (AvgIpc) is 2.34. The third-order valence-corrected chi connectivity index (χ3v) is 4.26. The Kier molecular flexibility index (Phi) is 8.89. The molecule has 3 heteroatoms. The zero-order chi connectivity index (χ0) is 13.9. The van der Waals surface area contributed by atoms with Gasteiger partial charge in [-0.05, 0) is 25.4 Å². The van der Waals surface area contributed by atoms with Crippen molar-refractivity contribution in [1.82, 2.24) is 10.6 Å². The summed E-state index contributed by atoms with van der Waals surface area (Å²) in [4.78, 5) is 11.8. The quantitative estimate of drug-likeness (QED) is 0.565. The maximum Gasteiger partial charge on any atom is 0.223 e. The molecule has 0 radical (unpaired) electrons. The van der Waals surface area contributed by atoms with Crippen LogP contribution in [0.25, 0.3) is 0 Å². The van der Waals surface area contributed by atoms with Gasteiger partial charge in [0.05, 0.1) is 0 Å². The Balaban J connectivity index is 1.86. The summed E-state index contributed by atoms with van der Waals surface area (Å²) in [5, 5.41) is 6.30. The minimum absolute atomic E-state index is 0.176. The van der Waals surface area contributed by atoms with E-state index in [0.29, 0.717) is 5.92 Å².